The minimum Gasteiger partial charge on any atom is -0.162 e. The first-order valence-electron chi connectivity index (χ1n) is 8.95. The van der Waals surface area contributed by atoms with E-state index in [0.717, 1.165) is 11.1 Å². The Morgan fingerprint density at radius 1 is 0.667 bits per heavy atom. The van der Waals surface area contributed by atoms with Crippen LogP contribution in [0.1, 0.15) is 54.4 Å². The van der Waals surface area contributed by atoms with Crippen molar-refractivity contribution in [2.45, 2.75) is 91.7 Å². The molecule has 0 aliphatic rings. The van der Waals surface area contributed by atoms with E-state index < -0.39 is 17.6 Å². The van der Waals surface area contributed by atoms with Gasteiger partial charge in [0.1, 0.15) is 0 Å². The summed E-state index contributed by atoms with van der Waals surface area (Å²) in [6.45, 7) is 24.8. The second-order valence-corrected chi connectivity index (χ2v) is 17.4. The molecule has 0 nitrogen and oxygen atoms in total. The van der Waals surface area contributed by atoms with Gasteiger partial charge in [-0.3, -0.25) is 0 Å². The van der Waals surface area contributed by atoms with Crippen molar-refractivity contribution >= 4 is 29.4 Å². The van der Waals surface area contributed by atoms with E-state index in [0.29, 0.717) is 10.8 Å². The third kappa shape index (κ3) is 8.85. The smallest absolute Gasteiger partial charge is 0.0343 e. The molecule has 0 aromatic heterocycles. The van der Waals surface area contributed by atoms with Crippen LogP contribution in [0.25, 0.3) is 0 Å². The van der Waals surface area contributed by atoms with Crippen LogP contribution in [0.15, 0.2) is 0 Å². The maximum atomic E-state index is 2.53. The molecule has 128 valence electrons. The van der Waals surface area contributed by atoms with Crippen molar-refractivity contribution in [3.05, 3.63) is 0 Å². The lowest BCUT2D eigenvalue weighted by molar-refractivity contribution is 0.367. The highest BCUT2D eigenvalue weighted by atomic mass is 32.2. The van der Waals surface area contributed by atoms with Crippen LogP contribution in [0.2, 0.25) is 37.3 Å². The van der Waals surface area contributed by atoms with Crippen molar-refractivity contribution in [2.24, 2.45) is 10.8 Å². The highest BCUT2D eigenvalue weighted by Gasteiger charge is 2.29. The largest absolute Gasteiger partial charge is 0.162 e. The van der Waals surface area contributed by atoms with Crippen molar-refractivity contribution in [3.63, 3.8) is 0 Å². The SMILES string of the molecule is C[SiH](C)C(CCSCCC([SiH](C)C)C(C)(C)C)C(C)(C)C. The van der Waals surface area contributed by atoms with Gasteiger partial charge in [0.05, 0.1) is 0 Å². The van der Waals surface area contributed by atoms with E-state index in [1.165, 1.54) is 24.3 Å². The molecular weight excluding hydrogens is 304 g/mol. The number of hydrogen-bond acceptors (Lipinski definition) is 1. The van der Waals surface area contributed by atoms with Gasteiger partial charge in [-0.2, -0.15) is 11.8 Å². The van der Waals surface area contributed by atoms with Gasteiger partial charge in [-0.25, -0.2) is 0 Å². The molecule has 0 rings (SSSR count). The maximum Gasteiger partial charge on any atom is 0.0343 e. The van der Waals surface area contributed by atoms with Crippen molar-refractivity contribution < 1.29 is 0 Å². The van der Waals surface area contributed by atoms with Crippen LogP contribution in [0.3, 0.4) is 0 Å². The zero-order valence-corrected chi connectivity index (χ0v) is 19.7. The van der Waals surface area contributed by atoms with E-state index in [1.54, 1.807) is 0 Å². The van der Waals surface area contributed by atoms with Crippen LogP contribution >= 0.6 is 11.8 Å². The normalized spacial score (nSPS) is 16.6. The minimum atomic E-state index is -0.532. The zero-order chi connectivity index (χ0) is 16.8. The van der Waals surface area contributed by atoms with Crippen LogP contribution in [0.5, 0.6) is 0 Å². The molecule has 0 fully saturated rings. The average Bonchev–Trinajstić information content (AvgIpc) is 2.22. The van der Waals surface area contributed by atoms with Gasteiger partial charge in [-0.05, 0) is 46.3 Å². The first-order chi connectivity index (χ1) is 9.37. The Labute approximate surface area is 143 Å². The van der Waals surface area contributed by atoms with Gasteiger partial charge in [0.15, 0.2) is 0 Å². The molecule has 0 saturated heterocycles. The van der Waals surface area contributed by atoms with Gasteiger partial charge in [0.2, 0.25) is 0 Å². The van der Waals surface area contributed by atoms with Crippen LogP contribution in [0, 0.1) is 10.8 Å². The van der Waals surface area contributed by atoms with Crippen LogP contribution in [-0.4, -0.2) is 29.1 Å². The molecule has 2 unspecified atom stereocenters. The van der Waals surface area contributed by atoms with E-state index in [1.807, 2.05) is 0 Å². The predicted molar refractivity (Wildman–Crippen MR) is 111 cm³/mol. The van der Waals surface area contributed by atoms with Gasteiger partial charge in [-0.15, -0.1) is 0 Å². The molecule has 0 bridgehead atoms. The maximum absolute atomic E-state index is 2.53. The summed E-state index contributed by atoms with van der Waals surface area (Å²) in [7, 11) is -1.06. The third-order valence-electron chi connectivity index (χ3n) is 4.98. The lowest BCUT2D eigenvalue weighted by Crippen LogP contribution is -2.27. The minimum absolute atomic E-state index is 0.514. The summed E-state index contributed by atoms with van der Waals surface area (Å²) in [4.78, 5) is 0. The summed E-state index contributed by atoms with van der Waals surface area (Å²) in [5.74, 6) is 2.76. The molecule has 0 radical (unpaired) electrons. The quantitative estimate of drug-likeness (QED) is 0.367. The molecule has 3 heteroatoms. The topological polar surface area (TPSA) is 0 Å². The molecule has 0 heterocycles. The highest BCUT2D eigenvalue weighted by Crippen LogP contribution is 2.39. The molecule has 0 spiro atoms. The molecule has 0 N–H and O–H groups in total. The molecular formula is C18H42SSi2. The van der Waals surface area contributed by atoms with Crippen molar-refractivity contribution in [3.8, 4) is 0 Å². The Bertz CT molecular complexity index is 246. The summed E-state index contributed by atoms with van der Waals surface area (Å²) in [6, 6.07) is 0. The van der Waals surface area contributed by atoms with E-state index in [-0.39, 0.29) is 0 Å². The monoisotopic (exact) mass is 346 g/mol. The predicted octanol–water partition coefficient (Wildman–Crippen LogP) is 6.31. The van der Waals surface area contributed by atoms with Crippen LogP contribution in [-0.2, 0) is 0 Å². The molecule has 0 amide bonds. The Morgan fingerprint density at radius 2 is 0.952 bits per heavy atom. The molecule has 21 heavy (non-hydrogen) atoms. The van der Waals surface area contributed by atoms with Gasteiger partial charge in [-0.1, -0.05) is 67.7 Å². The van der Waals surface area contributed by atoms with Gasteiger partial charge in [0.25, 0.3) is 0 Å². The first-order valence-corrected chi connectivity index (χ1v) is 16.1. The summed E-state index contributed by atoms with van der Waals surface area (Å²) >= 11 is 2.22. The highest BCUT2D eigenvalue weighted by molar-refractivity contribution is 7.99. The molecule has 0 aliphatic carbocycles. The Balaban J connectivity index is 4.15. The van der Waals surface area contributed by atoms with Gasteiger partial charge < -0.3 is 0 Å². The molecule has 0 aliphatic heterocycles. The van der Waals surface area contributed by atoms with Crippen molar-refractivity contribution in [1.82, 2.24) is 0 Å². The Hall–Kier alpha value is 0.784. The first kappa shape index (κ1) is 21.8. The second-order valence-electron chi connectivity index (χ2n) is 9.62. The van der Waals surface area contributed by atoms with Crippen LogP contribution < -0.4 is 0 Å². The fourth-order valence-corrected chi connectivity index (χ4v) is 11.3. The number of thioether (sulfide) groups is 1. The lowest BCUT2D eigenvalue weighted by atomic mass is 9.90. The Morgan fingerprint density at radius 3 is 1.14 bits per heavy atom. The standard InChI is InChI=1S/C18H42SSi2/c1-17(2,3)15(20(7)8)11-13-19-14-12-16(21(9)10)18(4,5)6/h15-16,20-21H,11-14H2,1-10H3. The van der Waals surface area contributed by atoms with E-state index in [2.05, 4.69) is 79.5 Å². The summed E-state index contributed by atoms with van der Waals surface area (Å²) < 4.78 is 0. The fraction of sp³-hybridized carbons (Fsp3) is 1.00. The lowest BCUT2D eigenvalue weighted by Gasteiger charge is -2.34. The zero-order valence-electron chi connectivity index (χ0n) is 16.5. The Kier molecular flexibility index (Phi) is 9.51. The molecule has 2 atom stereocenters. The summed E-state index contributed by atoms with van der Waals surface area (Å²) in [5.41, 5.74) is 3.00. The van der Waals surface area contributed by atoms with Crippen molar-refractivity contribution in [2.75, 3.05) is 11.5 Å². The van der Waals surface area contributed by atoms with E-state index in [9.17, 15) is 0 Å². The van der Waals surface area contributed by atoms with Crippen molar-refractivity contribution in [1.29, 1.82) is 0 Å². The molecule has 0 saturated carbocycles. The second kappa shape index (κ2) is 9.17. The summed E-state index contributed by atoms with van der Waals surface area (Å²) in [5, 5.41) is 0. The van der Waals surface area contributed by atoms with E-state index in [4.69, 9.17) is 0 Å². The number of hydrogen-bond donors (Lipinski definition) is 0. The van der Waals surface area contributed by atoms with Crippen LogP contribution in [0.4, 0.5) is 0 Å². The van der Waals surface area contributed by atoms with Gasteiger partial charge >= 0.3 is 0 Å². The third-order valence-corrected chi connectivity index (χ3v) is 11.9. The summed E-state index contributed by atoms with van der Waals surface area (Å²) in [6.07, 6.45) is 2.88. The number of rotatable bonds is 8. The van der Waals surface area contributed by atoms with E-state index >= 15 is 0 Å². The molecule has 0 aromatic rings. The average molecular weight is 347 g/mol. The molecule has 0 aromatic carbocycles. The van der Waals surface area contributed by atoms with Gasteiger partial charge in [0, 0.05) is 17.6 Å². The fourth-order valence-electron chi connectivity index (χ4n) is 4.06.